The van der Waals surface area contributed by atoms with E-state index < -0.39 is 22.2 Å². The molecule has 6 nitrogen and oxygen atoms in total. The van der Waals surface area contributed by atoms with Crippen molar-refractivity contribution in [2.75, 3.05) is 12.4 Å². The van der Waals surface area contributed by atoms with Gasteiger partial charge < -0.3 is 9.84 Å². The van der Waals surface area contributed by atoms with Crippen LogP contribution in [0.5, 0.6) is 0 Å². The first-order valence-corrected chi connectivity index (χ1v) is 15.0. The second-order valence-corrected chi connectivity index (χ2v) is 14.7. The predicted octanol–water partition coefficient (Wildman–Crippen LogP) is 5.86. The monoisotopic (exact) mass is 529 g/mol. The van der Waals surface area contributed by atoms with Gasteiger partial charge in [-0.15, -0.1) is 13.2 Å². The standard InChI is InChI=1S/C30H43NO5S/c1-8-15-27(3,4)29(7,9-2)17-18-36-26(33)23-13-11-10-12-22(23)25(32)31-24-19-21-14-16-30(24,28(21,5)6)20-37(31,34)35/h8-13,21,24-25,32H,1-2,14-20H2,3-7H3. The molecule has 37 heavy (non-hydrogen) atoms. The highest BCUT2D eigenvalue weighted by Gasteiger charge is 2.72. The Morgan fingerprint density at radius 2 is 1.95 bits per heavy atom. The number of nitrogens with zero attached hydrogens (tertiary/aromatic N) is 1. The highest BCUT2D eigenvalue weighted by atomic mass is 32.2. The van der Waals surface area contributed by atoms with E-state index in [-0.39, 0.29) is 51.2 Å². The van der Waals surface area contributed by atoms with Crippen molar-refractivity contribution in [3.8, 4) is 0 Å². The summed E-state index contributed by atoms with van der Waals surface area (Å²) in [7, 11) is -3.70. The highest BCUT2D eigenvalue weighted by Crippen LogP contribution is 2.70. The zero-order valence-electron chi connectivity index (χ0n) is 23.0. The van der Waals surface area contributed by atoms with Crippen molar-refractivity contribution in [3.63, 3.8) is 0 Å². The molecular weight excluding hydrogens is 486 g/mol. The van der Waals surface area contributed by atoms with E-state index in [1.54, 1.807) is 24.3 Å². The van der Waals surface area contributed by atoms with Crippen LogP contribution in [0.25, 0.3) is 0 Å². The molecule has 4 rings (SSSR count). The van der Waals surface area contributed by atoms with Crippen molar-refractivity contribution in [1.82, 2.24) is 4.31 Å². The Balaban J connectivity index is 1.54. The van der Waals surface area contributed by atoms with Crippen molar-refractivity contribution in [2.24, 2.45) is 27.6 Å². The number of carbonyl (C=O) groups is 1. The summed E-state index contributed by atoms with van der Waals surface area (Å²) in [5.41, 5.74) is -0.403. The van der Waals surface area contributed by atoms with Gasteiger partial charge in [-0.3, -0.25) is 0 Å². The minimum Gasteiger partial charge on any atom is -0.462 e. The average molecular weight is 530 g/mol. The third-order valence-electron chi connectivity index (χ3n) is 10.7. The van der Waals surface area contributed by atoms with E-state index in [9.17, 15) is 18.3 Å². The maximum Gasteiger partial charge on any atom is 0.338 e. The fourth-order valence-electron chi connectivity index (χ4n) is 7.43. The summed E-state index contributed by atoms with van der Waals surface area (Å²) >= 11 is 0. The van der Waals surface area contributed by atoms with Gasteiger partial charge in [0.25, 0.3) is 0 Å². The fourth-order valence-corrected chi connectivity index (χ4v) is 10.0. The number of rotatable bonds is 10. The van der Waals surface area contributed by atoms with Crippen LogP contribution in [0, 0.1) is 27.6 Å². The quantitative estimate of drug-likeness (QED) is 0.303. The molecule has 0 radical (unpaired) electrons. The Kier molecular flexibility index (Phi) is 7.09. The van der Waals surface area contributed by atoms with Gasteiger partial charge in [-0.05, 0) is 60.3 Å². The molecule has 1 saturated heterocycles. The molecule has 2 saturated carbocycles. The molecule has 1 aromatic rings. The van der Waals surface area contributed by atoms with Crippen molar-refractivity contribution >= 4 is 16.0 Å². The molecule has 1 aliphatic heterocycles. The number of carbonyl (C=O) groups excluding carboxylic acids is 1. The number of sulfonamides is 1. The lowest BCUT2D eigenvalue weighted by Gasteiger charge is -2.42. The van der Waals surface area contributed by atoms with E-state index >= 15 is 0 Å². The van der Waals surface area contributed by atoms with E-state index in [1.165, 1.54) is 4.31 Å². The molecule has 1 spiro atoms. The number of allylic oxidation sites excluding steroid dienone is 2. The van der Waals surface area contributed by atoms with Gasteiger partial charge >= 0.3 is 5.97 Å². The van der Waals surface area contributed by atoms with Gasteiger partial charge in [-0.25, -0.2) is 13.2 Å². The summed E-state index contributed by atoms with van der Waals surface area (Å²) in [6, 6.07) is 6.38. The lowest BCUT2D eigenvalue weighted by molar-refractivity contribution is 0.00455. The van der Waals surface area contributed by atoms with Gasteiger partial charge in [-0.1, -0.05) is 65.0 Å². The van der Waals surface area contributed by atoms with Crippen LogP contribution < -0.4 is 0 Å². The first-order valence-electron chi connectivity index (χ1n) is 13.4. The van der Waals surface area contributed by atoms with Crippen molar-refractivity contribution in [3.05, 3.63) is 60.7 Å². The van der Waals surface area contributed by atoms with Gasteiger partial charge in [0.2, 0.25) is 10.0 Å². The van der Waals surface area contributed by atoms with Crippen LogP contribution in [0.1, 0.15) is 88.9 Å². The zero-order chi connectivity index (χ0) is 27.4. The molecule has 2 aliphatic carbocycles. The third-order valence-corrected chi connectivity index (χ3v) is 12.6. The van der Waals surface area contributed by atoms with Gasteiger partial charge in [0.1, 0.15) is 6.23 Å². The first-order chi connectivity index (χ1) is 17.2. The maximum absolute atomic E-state index is 13.4. The minimum atomic E-state index is -3.70. The van der Waals surface area contributed by atoms with Crippen LogP contribution in [0.15, 0.2) is 49.6 Å². The molecule has 1 heterocycles. The minimum absolute atomic E-state index is 0.0540. The van der Waals surface area contributed by atoms with E-state index in [2.05, 4.69) is 47.8 Å². The predicted molar refractivity (Wildman–Crippen MR) is 146 cm³/mol. The molecule has 204 valence electrons. The molecule has 1 aromatic carbocycles. The van der Waals surface area contributed by atoms with Crippen LogP contribution in [0.2, 0.25) is 0 Å². The van der Waals surface area contributed by atoms with Gasteiger partial charge in [0.05, 0.1) is 17.9 Å². The maximum atomic E-state index is 13.4. The molecule has 3 fully saturated rings. The molecule has 2 bridgehead atoms. The van der Waals surface area contributed by atoms with Crippen molar-refractivity contribution < 1.29 is 23.1 Å². The van der Waals surface area contributed by atoms with E-state index in [4.69, 9.17) is 4.74 Å². The molecule has 0 aromatic heterocycles. The van der Waals surface area contributed by atoms with Crippen LogP contribution in [0.4, 0.5) is 0 Å². The molecule has 5 atom stereocenters. The summed E-state index contributed by atoms with van der Waals surface area (Å²) in [6.07, 6.45) is 6.37. The van der Waals surface area contributed by atoms with Crippen molar-refractivity contribution in [2.45, 2.75) is 79.0 Å². The molecule has 5 unspecified atom stereocenters. The second kappa shape index (κ2) is 9.35. The van der Waals surface area contributed by atoms with Crippen LogP contribution in [-0.4, -0.2) is 42.2 Å². The lowest BCUT2D eigenvalue weighted by atomic mass is 9.63. The number of ether oxygens (including phenoxy) is 1. The van der Waals surface area contributed by atoms with Crippen LogP contribution >= 0.6 is 0 Å². The van der Waals surface area contributed by atoms with Gasteiger partial charge in [-0.2, -0.15) is 4.31 Å². The Morgan fingerprint density at radius 1 is 1.27 bits per heavy atom. The lowest BCUT2D eigenvalue weighted by Crippen LogP contribution is -2.43. The van der Waals surface area contributed by atoms with E-state index in [1.807, 2.05) is 12.2 Å². The Hall–Kier alpha value is -1.96. The van der Waals surface area contributed by atoms with Crippen LogP contribution in [-0.2, 0) is 14.8 Å². The second-order valence-electron chi connectivity index (χ2n) is 12.8. The number of esters is 1. The SMILES string of the molecule is C=CCC(C)(C)C(C)(C=C)CCOC(=O)c1ccccc1C(O)N1C2CC3CCC2(CS1(=O)=O)C3(C)C. The number of hydrogen-bond donors (Lipinski definition) is 1. The summed E-state index contributed by atoms with van der Waals surface area (Å²) in [6.45, 7) is 18.8. The van der Waals surface area contributed by atoms with Crippen molar-refractivity contribution in [1.29, 1.82) is 0 Å². The average Bonchev–Trinajstić information content (AvgIpc) is 3.31. The fraction of sp³-hybridized carbons (Fsp3) is 0.633. The largest absolute Gasteiger partial charge is 0.462 e. The summed E-state index contributed by atoms with van der Waals surface area (Å²) in [4.78, 5) is 13.2. The zero-order valence-corrected chi connectivity index (χ0v) is 23.8. The molecule has 0 amide bonds. The molecule has 1 N–H and O–H groups in total. The Labute approximate surface area is 222 Å². The third kappa shape index (κ3) is 4.22. The van der Waals surface area contributed by atoms with E-state index in [0.29, 0.717) is 12.3 Å². The summed E-state index contributed by atoms with van der Waals surface area (Å²) < 4.78 is 33.9. The summed E-state index contributed by atoms with van der Waals surface area (Å²) in [5.74, 6) is -0.0760. The van der Waals surface area contributed by atoms with Gasteiger partial charge in [0.15, 0.2) is 0 Å². The normalized spacial score (nSPS) is 30.3. The molecule has 3 aliphatic rings. The van der Waals surface area contributed by atoms with Crippen LogP contribution in [0.3, 0.4) is 0 Å². The molecular formula is C30H43NO5S. The van der Waals surface area contributed by atoms with E-state index in [0.717, 1.165) is 25.7 Å². The number of aliphatic hydroxyl groups is 1. The number of hydrogen-bond acceptors (Lipinski definition) is 5. The Morgan fingerprint density at radius 3 is 2.57 bits per heavy atom. The number of benzene rings is 1. The highest BCUT2D eigenvalue weighted by molar-refractivity contribution is 7.89. The first kappa shape index (κ1) is 28.1. The summed E-state index contributed by atoms with van der Waals surface area (Å²) in [5, 5.41) is 11.5. The number of aliphatic hydroxyl groups excluding tert-OH is 1. The smallest absolute Gasteiger partial charge is 0.338 e. The number of fused-ring (bicyclic) bond motifs is 1. The van der Waals surface area contributed by atoms with Gasteiger partial charge in [0, 0.05) is 17.0 Å². The molecule has 7 heteroatoms. The topological polar surface area (TPSA) is 83.9 Å². The Bertz CT molecular complexity index is 1190.